The third-order valence-electron chi connectivity index (χ3n) is 6.12. The number of benzene rings is 2. The average molecular weight is 483 g/mol. The Bertz CT molecular complexity index is 1470. The van der Waals surface area contributed by atoms with Gasteiger partial charge in [0.05, 0.1) is 31.8 Å². The predicted molar refractivity (Wildman–Crippen MR) is 132 cm³/mol. The van der Waals surface area contributed by atoms with Gasteiger partial charge in [0.2, 0.25) is 0 Å². The van der Waals surface area contributed by atoms with Crippen LogP contribution in [0.15, 0.2) is 52.1 Å². The molecule has 5 rings (SSSR count). The third-order valence-corrected chi connectivity index (χ3v) is 7.69. The molecule has 0 N–H and O–H groups in total. The Kier molecular flexibility index (Phi) is 5.76. The minimum atomic E-state index is -0.399. The maximum absolute atomic E-state index is 13.8. The first-order valence-electron chi connectivity index (χ1n) is 10.8. The molecular weight excluding hydrogens is 460 g/mol. The lowest BCUT2D eigenvalue weighted by atomic mass is 9.97. The van der Waals surface area contributed by atoms with Crippen LogP contribution in [0.4, 0.5) is 0 Å². The van der Waals surface area contributed by atoms with Crippen molar-refractivity contribution in [1.29, 1.82) is 0 Å². The number of halogens is 1. The second-order valence-corrected chi connectivity index (χ2v) is 9.58. The third kappa shape index (κ3) is 3.75. The summed E-state index contributed by atoms with van der Waals surface area (Å²) in [6.07, 6.45) is 3.93. The Hall–Kier alpha value is -3.03. The highest BCUT2D eigenvalue weighted by Gasteiger charge is 2.25. The average Bonchev–Trinajstić information content (AvgIpc) is 3.23. The van der Waals surface area contributed by atoms with E-state index in [0.29, 0.717) is 34.1 Å². The fourth-order valence-electron chi connectivity index (χ4n) is 4.46. The summed E-state index contributed by atoms with van der Waals surface area (Å²) in [5.74, 6) is 0.981. The van der Waals surface area contributed by atoms with Gasteiger partial charge in [-0.05, 0) is 61.1 Å². The Morgan fingerprint density at radius 3 is 2.48 bits per heavy atom. The van der Waals surface area contributed by atoms with Gasteiger partial charge in [0, 0.05) is 16.0 Å². The molecule has 0 amide bonds. The van der Waals surface area contributed by atoms with E-state index >= 15 is 0 Å². The van der Waals surface area contributed by atoms with Crippen LogP contribution < -0.4 is 20.7 Å². The maximum atomic E-state index is 13.8. The summed E-state index contributed by atoms with van der Waals surface area (Å²) in [6.45, 7) is 0.338. The molecule has 2 aromatic carbocycles. The van der Waals surface area contributed by atoms with Crippen LogP contribution in [0.5, 0.6) is 11.5 Å². The topological polar surface area (TPSA) is 62.5 Å². The largest absolute Gasteiger partial charge is 0.497 e. The molecule has 0 radical (unpaired) electrons. The SMILES string of the molecule is COc1ccc(-n2c(=O)c3c4c(sc3n(Cc3ccc(Cl)cc3)c2=O)CCCC4)c(OC)c1. The summed E-state index contributed by atoms with van der Waals surface area (Å²) in [7, 11) is 3.07. The van der Waals surface area contributed by atoms with Crippen molar-refractivity contribution in [3.63, 3.8) is 0 Å². The Morgan fingerprint density at radius 2 is 1.76 bits per heavy atom. The number of aromatic nitrogens is 2. The summed E-state index contributed by atoms with van der Waals surface area (Å²) in [5.41, 5.74) is 1.71. The van der Waals surface area contributed by atoms with Gasteiger partial charge >= 0.3 is 5.69 Å². The van der Waals surface area contributed by atoms with Crippen molar-refractivity contribution in [2.75, 3.05) is 14.2 Å². The van der Waals surface area contributed by atoms with E-state index in [4.69, 9.17) is 21.1 Å². The standard InChI is InChI=1S/C25H23ClN2O4S/c1-31-17-11-12-19(20(13-17)32-2)28-23(29)22-18-5-3-4-6-21(18)33-24(22)27(25(28)30)14-15-7-9-16(26)10-8-15/h7-13H,3-6,14H2,1-2H3. The number of aryl methyl sites for hydroxylation is 2. The maximum Gasteiger partial charge on any atom is 0.337 e. The first-order valence-corrected chi connectivity index (χ1v) is 12.0. The Morgan fingerprint density at radius 1 is 1.00 bits per heavy atom. The van der Waals surface area contributed by atoms with Gasteiger partial charge in [-0.15, -0.1) is 11.3 Å². The Balaban J connectivity index is 1.83. The summed E-state index contributed by atoms with van der Waals surface area (Å²) < 4.78 is 13.8. The van der Waals surface area contributed by atoms with Gasteiger partial charge in [-0.2, -0.15) is 0 Å². The van der Waals surface area contributed by atoms with Crippen molar-refractivity contribution in [2.45, 2.75) is 32.2 Å². The monoisotopic (exact) mass is 482 g/mol. The molecule has 0 bridgehead atoms. The summed E-state index contributed by atoms with van der Waals surface area (Å²) in [5, 5.41) is 1.27. The second-order valence-electron chi connectivity index (χ2n) is 8.06. The van der Waals surface area contributed by atoms with Gasteiger partial charge in [-0.25, -0.2) is 9.36 Å². The Labute approximate surface area is 199 Å². The van der Waals surface area contributed by atoms with E-state index in [1.165, 1.54) is 16.6 Å². The summed E-state index contributed by atoms with van der Waals surface area (Å²) in [4.78, 5) is 29.6. The minimum absolute atomic E-state index is 0.301. The molecule has 4 aromatic rings. The molecule has 0 spiro atoms. The van der Waals surface area contributed by atoms with Crippen molar-refractivity contribution in [3.05, 3.63) is 84.3 Å². The van der Waals surface area contributed by atoms with Crippen molar-refractivity contribution in [1.82, 2.24) is 9.13 Å². The molecule has 0 unspecified atom stereocenters. The molecule has 6 nitrogen and oxygen atoms in total. The van der Waals surface area contributed by atoms with Crippen LogP contribution in [0, 0.1) is 0 Å². The van der Waals surface area contributed by atoms with Crippen molar-refractivity contribution < 1.29 is 9.47 Å². The molecule has 8 heteroatoms. The first-order chi connectivity index (χ1) is 16.0. The second kappa shape index (κ2) is 8.72. The zero-order valence-electron chi connectivity index (χ0n) is 18.4. The van der Waals surface area contributed by atoms with E-state index in [2.05, 4.69) is 0 Å². The molecular formula is C25H23ClN2O4S. The fraction of sp³-hybridized carbons (Fsp3) is 0.280. The normalized spacial score (nSPS) is 13.2. The van der Waals surface area contributed by atoms with Crippen LogP contribution in [-0.4, -0.2) is 23.4 Å². The lowest BCUT2D eigenvalue weighted by Gasteiger charge is -2.16. The van der Waals surface area contributed by atoms with Gasteiger partial charge in [0.25, 0.3) is 5.56 Å². The van der Waals surface area contributed by atoms with Gasteiger partial charge < -0.3 is 9.47 Å². The molecule has 33 heavy (non-hydrogen) atoms. The number of rotatable bonds is 5. The zero-order valence-corrected chi connectivity index (χ0v) is 20.0. The molecule has 1 aliphatic rings. The van der Waals surface area contributed by atoms with Crippen molar-refractivity contribution in [3.8, 4) is 17.2 Å². The van der Waals surface area contributed by atoms with E-state index in [9.17, 15) is 9.59 Å². The summed E-state index contributed by atoms with van der Waals surface area (Å²) in [6, 6.07) is 12.5. The van der Waals surface area contributed by atoms with Gasteiger partial charge in [-0.1, -0.05) is 23.7 Å². The predicted octanol–water partition coefficient (Wildman–Crippen LogP) is 4.81. The molecule has 0 saturated carbocycles. The zero-order chi connectivity index (χ0) is 23.1. The molecule has 1 aliphatic carbocycles. The van der Waals surface area contributed by atoms with E-state index in [1.807, 2.05) is 12.1 Å². The van der Waals surface area contributed by atoms with Crippen LogP contribution in [0.3, 0.4) is 0 Å². The van der Waals surface area contributed by atoms with E-state index in [1.54, 1.807) is 53.3 Å². The number of methoxy groups -OCH3 is 2. The molecule has 0 saturated heterocycles. The van der Waals surface area contributed by atoms with Crippen LogP contribution >= 0.6 is 22.9 Å². The fourth-order valence-corrected chi connectivity index (χ4v) is 5.96. The number of hydrogen-bond acceptors (Lipinski definition) is 5. The number of nitrogens with zero attached hydrogens (tertiary/aromatic N) is 2. The molecule has 0 fully saturated rings. The van der Waals surface area contributed by atoms with Crippen LogP contribution in [0.2, 0.25) is 5.02 Å². The number of thiophene rings is 1. The van der Waals surface area contributed by atoms with Crippen molar-refractivity contribution in [2.24, 2.45) is 0 Å². The van der Waals surface area contributed by atoms with Crippen LogP contribution in [-0.2, 0) is 19.4 Å². The molecule has 0 atom stereocenters. The molecule has 2 aromatic heterocycles. The quantitative estimate of drug-likeness (QED) is 0.409. The highest BCUT2D eigenvalue weighted by Crippen LogP contribution is 2.35. The molecule has 0 aliphatic heterocycles. The van der Waals surface area contributed by atoms with E-state index < -0.39 is 5.69 Å². The number of fused-ring (bicyclic) bond motifs is 3. The highest BCUT2D eigenvalue weighted by molar-refractivity contribution is 7.18. The van der Waals surface area contributed by atoms with Gasteiger partial charge in [0.1, 0.15) is 16.3 Å². The van der Waals surface area contributed by atoms with Crippen LogP contribution in [0.1, 0.15) is 28.8 Å². The van der Waals surface area contributed by atoms with Crippen LogP contribution in [0.25, 0.3) is 15.9 Å². The number of ether oxygens (including phenoxy) is 2. The lowest BCUT2D eigenvalue weighted by molar-refractivity contribution is 0.392. The summed E-state index contributed by atoms with van der Waals surface area (Å²) >= 11 is 7.63. The van der Waals surface area contributed by atoms with E-state index in [-0.39, 0.29) is 5.56 Å². The number of hydrogen-bond donors (Lipinski definition) is 0. The highest BCUT2D eigenvalue weighted by atomic mass is 35.5. The smallest absolute Gasteiger partial charge is 0.337 e. The van der Waals surface area contributed by atoms with Crippen molar-refractivity contribution >= 4 is 33.2 Å². The van der Waals surface area contributed by atoms with Gasteiger partial charge in [0.15, 0.2) is 0 Å². The van der Waals surface area contributed by atoms with E-state index in [0.717, 1.165) is 41.6 Å². The van der Waals surface area contributed by atoms with Gasteiger partial charge in [-0.3, -0.25) is 9.36 Å². The minimum Gasteiger partial charge on any atom is -0.497 e. The molecule has 170 valence electrons. The first kappa shape index (κ1) is 21.8. The lowest BCUT2D eigenvalue weighted by Crippen LogP contribution is -2.39. The molecule has 2 heterocycles.